The van der Waals surface area contributed by atoms with Gasteiger partial charge in [-0.3, -0.25) is 0 Å². The van der Waals surface area contributed by atoms with E-state index in [9.17, 15) is 0 Å². The lowest BCUT2D eigenvalue weighted by atomic mass is 10.2. The highest BCUT2D eigenvalue weighted by Gasteiger charge is 2.15. The fourth-order valence-corrected chi connectivity index (χ4v) is 2.03. The van der Waals surface area contributed by atoms with Gasteiger partial charge in [-0.2, -0.15) is 0 Å². The maximum Gasteiger partial charge on any atom is 0.169 e. The number of ether oxygens (including phenoxy) is 2. The van der Waals surface area contributed by atoms with Gasteiger partial charge in [0, 0.05) is 5.56 Å². The highest BCUT2D eigenvalue weighted by atomic mass is 35.5. The predicted molar refractivity (Wildman–Crippen MR) is 79.3 cm³/mol. The quantitative estimate of drug-likeness (QED) is 0.522. The maximum atomic E-state index is 5.86. The Balaban J connectivity index is 1.95. The van der Waals surface area contributed by atoms with Crippen LogP contribution in [0.1, 0.15) is 5.56 Å². The summed E-state index contributed by atoms with van der Waals surface area (Å²) < 4.78 is 11.6. The minimum atomic E-state index is 0.204. The SMILES string of the molecule is NC(CCl)=Nc1ccc2c(c1)COc1ccccc1O2. The summed E-state index contributed by atoms with van der Waals surface area (Å²) in [7, 11) is 0. The number of para-hydroxylation sites is 2. The second kappa shape index (κ2) is 5.43. The van der Waals surface area contributed by atoms with E-state index >= 15 is 0 Å². The number of amidine groups is 1. The van der Waals surface area contributed by atoms with Crippen LogP contribution in [0.5, 0.6) is 17.2 Å². The molecule has 0 fully saturated rings. The Kier molecular flexibility index (Phi) is 3.48. The molecule has 102 valence electrons. The van der Waals surface area contributed by atoms with E-state index in [1.807, 2.05) is 42.5 Å². The molecule has 1 aliphatic heterocycles. The lowest BCUT2D eigenvalue weighted by Crippen LogP contribution is -2.12. The third-order valence-corrected chi connectivity index (χ3v) is 3.18. The summed E-state index contributed by atoms with van der Waals surface area (Å²) in [5.74, 6) is 2.79. The van der Waals surface area contributed by atoms with Gasteiger partial charge in [0.15, 0.2) is 11.5 Å². The van der Waals surface area contributed by atoms with Crippen molar-refractivity contribution in [2.45, 2.75) is 6.61 Å². The summed E-state index contributed by atoms with van der Waals surface area (Å²) in [4.78, 5) is 4.22. The summed E-state index contributed by atoms with van der Waals surface area (Å²) in [6.07, 6.45) is 0. The summed E-state index contributed by atoms with van der Waals surface area (Å²) in [6.45, 7) is 0.427. The van der Waals surface area contributed by atoms with Crippen LogP contribution < -0.4 is 15.2 Å². The Hall–Kier alpha value is -2.20. The van der Waals surface area contributed by atoms with E-state index in [1.54, 1.807) is 0 Å². The Morgan fingerprint density at radius 3 is 2.75 bits per heavy atom. The molecule has 0 aliphatic carbocycles. The highest BCUT2D eigenvalue weighted by Crippen LogP contribution is 2.38. The van der Waals surface area contributed by atoms with Gasteiger partial charge in [-0.05, 0) is 30.3 Å². The van der Waals surface area contributed by atoms with Gasteiger partial charge >= 0.3 is 0 Å². The van der Waals surface area contributed by atoms with E-state index < -0.39 is 0 Å². The topological polar surface area (TPSA) is 56.8 Å². The van der Waals surface area contributed by atoms with Crippen molar-refractivity contribution >= 4 is 23.1 Å². The minimum absolute atomic E-state index is 0.204. The molecule has 5 heteroatoms. The molecule has 4 nitrogen and oxygen atoms in total. The number of halogens is 1. The lowest BCUT2D eigenvalue weighted by Gasteiger charge is -2.07. The predicted octanol–water partition coefficient (Wildman–Crippen LogP) is 3.60. The maximum absolute atomic E-state index is 5.86. The molecule has 1 aliphatic rings. The van der Waals surface area contributed by atoms with Gasteiger partial charge in [0.1, 0.15) is 18.2 Å². The molecule has 2 aromatic rings. The van der Waals surface area contributed by atoms with Crippen molar-refractivity contribution in [3.05, 3.63) is 48.0 Å². The molecule has 2 aromatic carbocycles. The van der Waals surface area contributed by atoms with Gasteiger partial charge in [-0.25, -0.2) is 4.99 Å². The Bertz CT molecular complexity index is 671. The van der Waals surface area contributed by atoms with Crippen molar-refractivity contribution in [1.29, 1.82) is 0 Å². The van der Waals surface area contributed by atoms with Gasteiger partial charge in [-0.15, -0.1) is 11.6 Å². The van der Waals surface area contributed by atoms with Crippen molar-refractivity contribution in [3.63, 3.8) is 0 Å². The van der Waals surface area contributed by atoms with Crippen LogP contribution in [0.3, 0.4) is 0 Å². The Morgan fingerprint density at radius 1 is 1.15 bits per heavy atom. The van der Waals surface area contributed by atoms with E-state index in [1.165, 1.54) is 0 Å². The van der Waals surface area contributed by atoms with Crippen molar-refractivity contribution in [2.75, 3.05) is 5.88 Å². The number of rotatable bonds is 2. The number of hydrogen-bond acceptors (Lipinski definition) is 3. The smallest absolute Gasteiger partial charge is 0.169 e. The molecule has 2 N–H and O–H groups in total. The number of nitrogens with two attached hydrogens (primary N) is 1. The average Bonchev–Trinajstić information content (AvgIpc) is 2.66. The van der Waals surface area contributed by atoms with Crippen molar-refractivity contribution in [1.82, 2.24) is 0 Å². The van der Waals surface area contributed by atoms with E-state index in [0.29, 0.717) is 18.2 Å². The molecular formula is C15H13ClN2O2. The van der Waals surface area contributed by atoms with Crippen molar-refractivity contribution in [2.24, 2.45) is 10.7 Å². The van der Waals surface area contributed by atoms with Crippen LogP contribution in [0.4, 0.5) is 5.69 Å². The van der Waals surface area contributed by atoms with E-state index in [2.05, 4.69) is 4.99 Å². The Labute approximate surface area is 121 Å². The van der Waals surface area contributed by atoms with E-state index in [-0.39, 0.29) is 5.88 Å². The molecule has 3 rings (SSSR count). The molecule has 0 amide bonds. The monoisotopic (exact) mass is 288 g/mol. The van der Waals surface area contributed by atoms with Crippen molar-refractivity contribution < 1.29 is 9.47 Å². The number of fused-ring (bicyclic) bond motifs is 2. The normalized spacial score (nSPS) is 13.6. The summed E-state index contributed by atoms with van der Waals surface area (Å²) >= 11 is 5.63. The molecule has 1 heterocycles. The van der Waals surface area contributed by atoms with Crippen LogP contribution >= 0.6 is 11.6 Å². The number of benzene rings is 2. The third-order valence-electron chi connectivity index (χ3n) is 2.91. The minimum Gasteiger partial charge on any atom is -0.485 e. The molecule has 0 bridgehead atoms. The molecule has 0 saturated carbocycles. The van der Waals surface area contributed by atoms with Gasteiger partial charge in [0.25, 0.3) is 0 Å². The summed E-state index contributed by atoms with van der Waals surface area (Å²) in [6, 6.07) is 13.2. The van der Waals surface area contributed by atoms with Crippen molar-refractivity contribution in [3.8, 4) is 17.2 Å². The van der Waals surface area contributed by atoms with Gasteiger partial charge < -0.3 is 15.2 Å². The zero-order valence-corrected chi connectivity index (χ0v) is 11.4. The van der Waals surface area contributed by atoms with Crippen LogP contribution in [0.15, 0.2) is 47.5 Å². The summed E-state index contributed by atoms with van der Waals surface area (Å²) in [5, 5.41) is 0. The second-order valence-electron chi connectivity index (χ2n) is 4.37. The Morgan fingerprint density at radius 2 is 1.95 bits per heavy atom. The number of aliphatic imine (C=N–C) groups is 1. The zero-order valence-electron chi connectivity index (χ0n) is 10.7. The van der Waals surface area contributed by atoms with Gasteiger partial charge in [0.2, 0.25) is 0 Å². The number of hydrogen-bond donors (Lipinski definition) is 1. The van der Waals surface area contributed by atoms with Crippen LogP contribution in [0.2, 0.25) is 0 Å². The van der Waals surface area contributed by atoms with Crippen LogP contribution in [-0.2, 0) is 6.61 Å². The molecule has 0 unspecified atom stereocenters. The number of nitrogens with zero attached hydrogens (tertiary/aromatic N) is 1. The molecular weight excluding hydrogens is 276 g/mol. The first kappa shape index (κ1) is 12.8. The first-order valence-electron chi connectivity index (χ1n) is 6.18. The molecule has 20 heavy (non-hydrogen) atoms. The third kappa shape index (κ3) is 2.56. The van der Waals surface area contributed by atoms with Gasteiger partial charge in [0.05, 0.1) is 11.6 Å². The summed E-state index contributed by atoms with van der Waals surface area (Å²) in [5.41, 5.74) is 7.29. The largest absolute Gasteiger partial charge is 0.485 e. The highest BCUT2D eigenvalue weighted by molar-refractivity contribution is 6.28. The van der Waals surface area contributed by atoms with E-state index in [4.69, 9.17) is 26.8 Å². The lowest BCUT2D eigenvalue weighted by molar-refractivity contribution is 0.307. The average molecular weight is 289 g/mol. The molecule has 0 aromatic heterocycles. The molecule has 0 atom stereocenters. The molecule has 0 radical (unpaired) electrons. The molecule has 0 saturated heterocycles. The standard InChI is InChI=1S/C15H13ClN2O2/c16-8-15(17)18-11-5-6-12-10(7-11)9-19-13-3-1-2-4-14(13)20-12/h1-7H,8-9H2,(H2,17,18). The first-order chi connectivity index (χ1) is 9.76. The van der Waals surface area contributed by atoms with Crippen LogP contribution in [0.25, 0.3) is 0 Å². The fraction of sp³-hybridized carbons (Fsp3) is 0.133. The molecule has 0 spiro atoms. The second-order valence-corrected chi connectivity index (χ2v) is 4.63. The fourth-order valence-electron chi connectivity index (χ4n) is 1.97. The van der Waals surface area contributed by atoms with Crippen LogP contribution in [0, 0.1) is 0 Å². The first-order valence-corrected chi connectivity index (χ1v) is 6.71. The number of alkyl halides is 1. The van der Waals surface area contributed by atoms with Crippen LogP contribution in [-0.4, -0.2) is 11.7 Å². The zero-order chi connectivity index (χ0) is 13.9. The van der Waals surface area contributed by atoms with Gasteiger partial charge in [-0.1, -0.05) is 12.1 Å². The van der Waals surface area contributed by atoms with E-state index in [0.717, 1.165) is 22.7 Å².